The summed E-state index contributed by atoms with van der Waals surface area (Å²) in [5.74, 6) is 0.355. The fourth-order valence-electron chi connectivity index (χ4n) is 2.47. The number of nitrogens with two attached hydrogens (primary N) is 1. The first-order valence-electron chi connectivity index (χ1n) is 6.64. The van der Waals surface area contributed by atoms with Crippen LogP contribution in [0, 0.1) is 21.4 Å². The first kappa shape index (κ1) is 14.3. The van der Waals surface area contributed by atoms with Crippen molar-refractivity contribution in [3.8, 4) is 11.8 Å². The van der Waals surface area contributed by atoms with Crippen LogP contribution in [0.2, 0.25) is 0 Å². The molecule has 1 aliphatic carbocycles. The molecule has 0 bridgehead atoms. The number of rotatable bonds is 4. The lowest BCUT2D eigenvalue weighted by atomic mass is 9.83. The summed E-state index contributed by atoms with van der Waals surface area (Å²) in [5.41, 5.74) is 5.95. The van der Waals surface area contributed by atoms with E-state index in [4.69, 9.17) is 15.7 Å². The molecule has 2 rings (SSSR count). The van der Waals surface area contributed by atoms with Gasteiger partial charge in [-0.05, 0) is 18.9 Å². The third-order valence-electron chi connectivity index (χ3n) is 3.66. The molecular weight excluding hydrogens is 258 g/mol. The number of non-ortho nitro benzene ring substituents is 1. The fourth-order valence-corrected chi connectivity index (χ4v) is 2.47. The zero-order valence-corrected chi connectivity index (χ0v) is 11.2. The summed E-state index contributed by atoms with van der Waals surface area (Å²) in [4.78, 5) is 10.1. The van der Waals surface area contributed by atoms with Crippen LogP contribution in [0.25, 0.3) is 0 Å². The second-order valence-corrected chi connectivity index (χ2v) is 5.26. The van der Waals surface area contributed by atoms with Crippen molar-refractivity contribution in [2.45, 2.75) is 37.6 Å². The van der Waals surface area contributed by atoms with Crippen LogP contribution in [0.4, 0.5) is 5.69 Å². The Morgan fingerprint density at radius 2 is 2.10 bits per heavy atom. The quantitative estimate of drug-likeness (QED) is 0.671. The molecular formula is C14H17N3O3. The van der Waals surface area contributed by atoms with Gasteiger partial charge in [0.2, 0.25) is 0 Å². The Kier molecular flexibility index (Phi) is 4.20. The highest BCUT2D eigenvalue weighted by atomic mass is 16.6. The van der Waals surface area contributed by atoms with Crippen LogP contribution >= 0.6 is 0 Å². The molecule has 0 saturated heterocycles. The van der Waals surface area contributed by atoms with E-state index in [0.717, 1.165) is 25.7 Å². The van der Waals surface area contributed by atoms with Crippen molar-refractivity contribution in [2.75, 3.05) is 6.61 Å². The molecule has 0 radical (unpaired) electrons. The van der Waals surface area contributed by atoms with Gasteiger partial charge in [-0.2, -0.15) is 5.26 Å². The zero-order valence-electron chi connectivity index (χ0n) is 11.2. The molecule has 1 aromatic carbocycles. The van der Waals surface area contributed by atoms with Gasteiger partial charge in [0.15, 0.2) is 0 Å². The second-order valence-electron chi connectivity index (χ2n) is 5.26. The molecule has 1 saturated carbocycles. The Bertz CT molecular complexity index is 545. The Labute approximate surface area is 117 Å². The highest BCUT2D eigenvalue weighted by Crippen LogP contribution is 2.28. The summed E-state index contributed by atoms with van der Waals surface area (Å²) in [6.07, 6.45) is 5.18. The smallest absolute Gasteiger partial charge is 0.271 e. The number of nitro groups is 1. The number of nitriles is 1. The van der Waals surface area contributed by atoms with Crippen LogP contribution in [0.5, 0.6) is 5.75 Å². The normalized spacial score (nSPS) is 17.2. The summed E-state index contributed by atoms with van der Waals surface area (Å²) in [7, 11) is 0. The monoisotopic (exact) mass is 275 g/mol. The van der Waals surface area contributed by atoms with Gasteiger partial charge in [0.05, 0.1) is 10.5 Å². The van der Waals surface area contributed by atoms with Crippen LogP contribution in [-0.2, 0) is 0 Å². The molecule has 0 amide bonds. The van der Waals surface area contributed by atoms with Crippen molar-refractivity contribution in [3.63, 3.8) is 0 Å². The Hall–Kier alpha value is -2.13. The molecule has 0 heterocycles. The first-order valence-corrected chi connectivity index (χ1v) is 6.64. The van der Waals surface area contributed by atoms with E-state index in [-0.39, 0.29) is 16.8 Å². The average Bonchev–Trinajstić information content (AvgIpc) is 2.45. The van der Waals surface area contributed by atoms with Gasteiger partial charge in [0.25, 0.3) is 5.69 Å². The Morgan fingerprint density at radius 1 is 1.40 bits per heavy atom. The predicted octanol–water partition coefficient (Wildman–Crippen LogP) is 2.51. The Balaban J connectivity index is 2.09. The maximum atomic E-state index is 10.7. The van der Waals surface area contributed by atoms with Crippen molar-refractivity contribution >= 4 is 5.69 Å². The topological polar surface area (TPSA) is 102 Å². The highest BCUT2D eigenvalue weighted by molar-refractivity contribution is 5.50. The SMILES string of the molecule is N#Cc1cc([N+](=O)[O-])ccc1OCC1(N)CCCCC1. The van der Waals surface area contributed by atoms with Crippen LogP contribution in [0.15, 0.2) is 18.2 Å². The lowest BCUT2D eigenvalue weighted by Crippen LogP contribution is -2.47. The van der Waals surface area contributed by atoms with Crippen LogP contribution in [-0.4, -0.2) is 17.1 Å². The molecule has 0 unspecified atom stereocenters. The van der Waals surface area contributed by atoms with Gasteiger partial charge < -0.3 is 10.5 Å². The molecule has 106 valence electrons. The number of nitro benzene ring substituents is 1. The third kappa shape index (κ3) is 3.25. The van der Waals surface area contributed by atoms with Gasteiger partial charge in [0, 0.05) is 12.1 Å². The standard InChI is InChI=1S/C14H17N3O3/c15-9-11-8-12(17(18)19)4-5-13(11)20-10-14(16)6-2-1-3-7-14/h4-5,8H,1-3,6-7,10,16H2. The summed E-state index contributed by atoms with van der Waals surface area (Å²) in [6.45, 7) is 0.333. The lowest BCUT2D eigenvalue weighted by Gasteiger charge is -2.33. The van der Waals surface area contributed by atoms with E-state index in [1.807, 2.05) is 6.07 Å². The number of hydrogen-bond acceptors (Lipinski definition) is 5. The predicted molar refractivity (Wildman–Crippen MR) is 73.3 cm³/mol. The number of ether oxygens (including phenoxy) is 1. The number of hydrogen-bond donors (Lipinski definition) is 1. The highest BCUT2D eigenvalue weighted by Gasteiger charge is 2.28. The van der Waals surface area contributed by atoms with Gasteiger partial charge in [-0.3, -0.25) is 10.1 Å². The van der Waals surface area contributed by atoms with Crippen molar-refractivity contribution in [1.29, 1.82) is 5.26 Å². The van der Waals surface area contributed by atoms with Crippen molar-refractivity contribution in [3.05, 3.63) is 33.9 Å². The molecule has 6 heteroatoms. The van der Waals surface area contributed by atoms with Crippen molar-refractivity contribution in [2.24, 2.45) is 5.73 Å². The molecule has 1 fully saturated rings. The summed E-state index contributed by atoms with van der Waals surface area (Å²) >= 11 is 0. The van der Waals surface area contributed by atoms with Gasteiger partial charge >= 0.3 is 0 Å². The van der Waals surface area contributed by atoms with Crippen molar-refractivity contribution < 1.29 is 9.66 Å². The first-order chi connectivity index (χ1) is 9.54. The molecule has 20 heavy (non-hydrogen) atoms. The van der Waals surface area contributed by atoms with E-state index >= 15 is 0 Å². The maximum Gasteiger partial charge on any atom is 0.271 e. The average molecular weight is 275 g/mol. The molecule has 6 nitrogen and oxygen atoms in total. The summed E-state index contributed by atoms with van der Waals surface area (Å²) < 4.78 is 5.64. The van der Waals surface area contributed by atoms with E-state index in [2.05, 4.69) is 0 Å². The van der Waals surface area contributed by atoms with E-state index in [9.17, 15) is 10.1 Å². The van der Waals surface area contributed by atoms with E-state index < -0.39 is 4.92 Å². The molecule has 1 aliphatic rings. The van der Waals surface area contributed by atoms with Gasteiger partial charge in [0.1, 0.15) is 24.0 Å². The second kappa shape index (κ2) is 5.88. The summed E-state index contributed by atoms with van der Waals surface area (Å²) in [6, 6.07) is 5.94. The lowest BCUT2D eigenvalue weighted by molar-refractivity contribution is -0.384. The largest absolute Gasteiger partial charge is 0.490 e. The van der Waals surface area contributed by atoms with Gasteiger partial charge in [-0.25, -0.2) is 0 Å². The van der Waals surface area contributed by atoms with E-state index in [1.54, 1.807) is 0 Å². The van der Waals surface area contributed by atoms with Crippen LogP contribution in [0.3, 0.4) is 0 Å². The molecule has 2 N–H and O–H groups in total. The van der Waals surface area contributed by atoms with Crippen molar-refractivity contribution in [1.82, 2.24) is 0 Å². The third-order valence-corrected chi connectivity index (χ3v) is 3.66. The van der Waals surface area contributed by atoms with Gasteiger partial charge in [-0.1, -0.05) is 19.3 Å². The minimum Gasteiger partial charge on any atom is -0.490 e. The van der Waals surface area contributed by atoms with Crippen LogP contribution in [0.1, 0.15) is 37.7 Å². The minimum absolute atomic E-state index is 0.117. The number of nitrogens with zero attached hydrogens (tertiary/aromatic N) is 2. The molecule has 0 aromatic heterocycles. The Morgan fingerprint density at radius 3 is 2.70 bits per heavy atom. The summed E-state index contributed by atoms with van der Waals surface area (Å²) in [5, 5.41) is 19.7. The van der Waals surface area contributed by atoms with E-state index in [1.165, 1.54) is 24.6 Å². The number of benzene rings is 1. The molecule has 1 aromatic rings. The minimum atomic E-state index is -0.532. The fraction of sp³-hybridized carbons (Fsp3) is 0.500. The maximum absolute atomic E-state index is 10.7. The van der Waals surface area contributed by atoms with Gasteiger partial charge in [-0.15, -0.1) is 0 Å². The van der Waals surface area contributed by atoms with Crippen LogP contribution < -0.4 is 10.5 Å². The molecule has 0 spiro atoms. The molecule has 0 aliphatic heterocycles. The molecule has 0 atom stereocenters. The zero-order chi connectivity index (χ0) is 14.6. The van der Waals surface area contributed by atoms with E-state index in [0.29, 0.717) is 12.4 Å².